The van der Waals surface area contributed by atoms with E-state index in [1.54, 1.807) is 4.68 Å². The fraction of sp³-hybridized carbons (Fsp3) is 0.286. The molecule has 0 bridgehead atoms. The molecule has 0 aliphatic carbocycles. The molecule has 0 fully saturated rings. The summed E-state index contributed by atoms with van der Waals surface area (Å²) in [5.41, 5.74) is 1.28. The number of anilines is 1. The summed E-state index contributed by atoms with van der Waals surface area (Å²) >= 11 is 3.18. The van der Waals surface area contributed by atoms with Crippen LogP contribution in [0.15, 0.2) is 34.9 Å². The first kappa shape index (κ1) is 14.1. The second-order valence-corrected chi connectivity index (χ2v) is 5.55. The molecular formula is C14H14BrN3O3. The molecule has 3 rings (SSSR count). The molecular weight excluding hydrogens is 338 g/mol. The van der Waals surface area contributed by atoms with Gasteiger partial charge in [0.05, 0.1) is 19.3 Å². The smallest absolute Gasteiger partial charge is 0.342 e. The summed E-state index contributed by atoms with van der Waals surface area (Å²) < 4.78 is 7.72. The third kappa shape index (κ3) is 2.79. The molecule has 21 heavy (non-hydrogen) atoms. The van der Waals surface area contributed by atoms with Crippen molar-refractivity contribution in [3.8, 4) is 0 Å². The third-order valence-corrected chi connectivity index (χ3v) is 3.91. The van der Waals surface area contributed by atoms with Crippen LogP contribution in [0, 0.1) is 0 Å². The number of halogens is 1. The zero-order valence-corrected chi connectivity index (χ0v) is 12.7. The topological polar surface area (TPSA) is 76.4 Å². The molecule has 6 nitrogen and oxygen atoms in total. The summed E-state index contributed by atoms with van der Waals surface area (Å²) in [7, 11) is 0. The van der Waals surface area contributed by atoms with Crippen molar-refractivity contribution in [1.29, 1.82) is 0 Å². The van der Waals surface area contributed by atoms with Gasteiger partial charge in [0.25, 0.3) is 0 Å². The van der Waals surface area contributed by atoms with Gasteiger partial charge in [0, 0.05) is 6.54 Å². The van der Waals surface area contributed by atoms with E-state index < -0.39 is 5.97 Å². The van der Waals surface area contributed by atoms with E-state index in [0.29, 0.717) is 30.2 Å². The molecule has 7 heteroatoms. The van der Waals surface area contributed by atoms with E-state index in [0.717, 1.165) is 5.56 Å². The predicted octanol–water partition coefficient (Wildman–Crippen LogP) is 2.53. The second-order valence-electron chi connectivity index (χ2n) is 4.80. The molecule has 1 atom stereocenters. The van der Waals surface area contributed by atoms with Gasteiger partial charge >= 0.3 is 5.97 Å². The molecule has 2 aromatic rings. The summed E-state index contributed by atoms with van der Waals surface area (Å²) in [6, 6.07) is 9.91. The Hall–Kier alpha value is -1.86. The first-order valence-corrected chi connectivity index (χ1v) is 7.33. The summed E-state index contributed by atoms with van der Waals surface area (Å²) in [6.45, 7) is 1.62. The van der Waals surface area contributed by atoms with E-state index in [4.69, 9.17) is 4.74 Å². The van der Waals surface area contributed by atoms with Gasteiger partial charge in [0.15, 0.2) is 0 Å². The molecule has 0 saturated heterocycles. The molecule has 2 heterocycles. The van der Waals surface area contributed by atoms with Crippen molar-refractivity contribution in [2.75, 3.05) is 18.5 Å². The van der Waals surface area contributed by atoms with Gasteiger partial charge in [-0.3, -0.25) is 0 Å². The highest BCUT2D eigenvalue weighted by atomic mass is 79.9. The average Bonchev–Trinajstić information content (AvgIpc) is 2.98. The normalized spacial score (nSPS) is 16.5. The van der Waals surface area contributed by atoms with Crippen molar-refractivity contribution in [3.05, 3.63) is 46.1 Å². The number of benzene rings is 1. The minimum atomic E-state index is -0.999. The maximum atomic E-state index is 11.2. The Morgan fingerprint density at radius 2 is 2.24 bits per heavy atom. The average molecular weight is 352 g/mol. The van der Waals surface area contributed by atoms with Gasteiger partial charge in [0.1, 0.15) is 16.0 Å². The lowest BCUT2D eigenvalue weighted by atomic mass is 10.2. The first-order chi connectivity index (χ1) is 10.2. The third-order valence-electron chi connectivity index (χ3n) is 3.35. The summed E-state index contributed by atoms with van der Waals surface area (Å²) in [5, 5.41) is 16.5. The highest BCUT2D eigenvalue weighted by molar-refractivity contribution is 9.10. The molecule has 1 aliphatic rings. The van der Waals surface area contributed by atoms with Crippen molar-refractivity contribution < 1.29 is 14.6 Å². The summed E-state index contributed by atoms with van der Waals surface area (Å²) in [4.78, 5) is 11.2. The van der Waals surface area contributed by atoms with E-state index in [9.17, 15) is 9.90 Å². The summed E-state index contributed by atoms with van der Waals surface area (Å²) in [6.07, 6.45) is 0. The van der Waals surface area contributed by atoms with Crippen molar-refractivity contribution >= 4 is 27.7 Å². The number of nitrogens with zero attached hydrogens (tertiary/aromatic N) is 2. The lowest BCUT2D eigenvalue weighted by Gasteiger charge is -2.11. The van der Waals surface area contributed by atoms with Crippen LogP contribution in [-0.2, 0) is 11.3 Å². The van der Waals surface area contributed by atoms with Crippen molar-refractivity contribution in [2.45, 2.75) is 12.6 Å². The SMILES string of the molecule is O=C(O)c1c(Br)nn2c1NC[C@H]2COCc1ccccc1. The Morgan fingerprint density at radius 3 is 2.95 bits per heavy atom. The summed E-state index contributed by atoms with van der Waals surface area (Å²) in [5.74, 6) is -0.468. The van der Waals surface area contributed by atoms with Crippen LogP contribution < -0.4 is 5.32 Å². The van der Waals surface area contributed by atoms with Gasteiger partial charge in [-0.15, -0.1) is 0 Å². The largest absolute Gasteiger partial charge is 0.477 e. The molecule has 0 unspecified atom stereocenters. The molecule has 1 aromatic heterocycles. The van der Waals surface area contributed by atoms with Crippen LogP contribution in [0.1, 0.15) is 22.0 Å². The Balaban J connectivity index is 1.65. The van der Waals surface area contributed by atoms with Gasteiger partial charge in [-0.2, -0.15) is 5.10 Å². The van der Waals surface area contributed by atoms with Crippen LogP contribution in [0.2, 0.25) is 0 Å². The fourth-order valence-corrected chi connectivity index (χ4v) is 2.88. The van der Waals surface area contributed by atoms with Crippen LogP contribution in [0.5, 0.6) is 0 Å². The Morgan fingerprint density at radius 1 is 1.48 bits per heavy atom. The van der Waals surface area contributed by atoms with Gasteiger partial charge in [-0.25, -0.2) is 9.48 Å². The maximum Gasteiger partial charge on any atom is 0.342 e. The number of carboxylic acid groups (broad SMARTS) is 1. The standard InChI is InChI=1S/C14H14BrN3O3/c15-12-11(14(19)20)13-16-6-10(18(13)17-12)8-21-7-9-4-2-1-3-5-9/h1-5,10,16H,6-8H2,(H,19,20)/t10-/m0/s1. The second kappa shape index (κ2) is 5.87. The highest BCUT2D eigenvalue weighted by Crippen LogP contribution is 2.32. The van der Waals surface area contributed by atoms with E-state index in [1.165, 1.54) is 0 Å². The van der Waals surface area contributed by atoms with Crippen molar-refractivity contribution in [1.82, 2.24) is 9.78 Å². The van der Waals surface area contributed by atoms with E-state index >= 15 is 0 Å². The van der Waals surface area contributed by atoms with Crippen LogP contribution in [-0.4, -0.2) is 34.0 Å². The number of aromatic nitrogens is 2. The predicted molar refractivity (Wildman–Crippen MR) is 80.5 cm³/mol. The minimum absolute atomic E-state index is 0.00638. The molecule has 2 N–H and O–H groups in total. The number of hydrogen-bond donors (Lipinski definition) is 2. The zero-order valence-electron chi connectivity index (χ0n) is 11.1. The van der Waals surface area contributed by atoms with E-state index in [-0.39, 0.29) is 11.6 Å². The Bertz CT molecular complexity index is 657. The van der Waals surface area contributed by atoms with E-state index in [2.05, 4.69) is 26.3 Å². The van der Waals surface area contributed by atoms with Gasteiger partial charge in [0.2, 0.25) is 0 Å². The first-order valence-electron chi connectivity index (χ1n) is 6.53. The molecule has 1 aliphatic heterocycles. The number of ether oxygens (including phenoxy) is 1. The minimum Gasteiger partial charge on any atom is -0.477 e. The molecule has 0 spiro atoms. The van der Waals surface area contributed by atoms with Gasteiger partial charge in [-0.05, 0) is 21.5 Å². The zero-order chi connectivity index (χ0) is 14.8. The van der Waals surface area contributed by atoms with Gasteiger partial charge in [-0.1, -0.05) is 30.3 Å². The lowest BCUT2D eigenvalue weighted by molar-refractivity contribution is 0.0697. The van der Waals surface area contributed by atoms with Crippen LogP contribution in [0.4, 0.5) is 5.82 Å². The van der Waals surface area contributed by atoms with E-state index in [1.807, 2.05) is 30.3 Å². The number of carbonyl (C=O) groups is 1. The number of fused-ring (bicyclic) bond motifs is 1. The molecule has 1 aromatic carbocycles. The highest BCUT2D eigenvalue weighted by Gasteiger charge is 2.31. The number of nitrogens with one attached hydrogen (secondary N) is 1. The Labute approximate surface area is 129 Å². The quantitative estimate of drug-likeness (QED) is 0.865. The van der Waals surface area contributed by atoms with Crippen molar-refractivity contribution in [3.63, 3.8) is 0 Å². The Kier molecular flexibility index (Phi) is 3.94. The molecule has 0 radical (unpaired) electrons. The number of rotatable bonds is 5. The number of carboxylic acids is 1. The van der Waals surface area contributed by atoms with Crippen LogP contribution >= 0.6 is 15.9 Å². The molecule has 0 amide bonds. The monoisotopic (exact) mass is 351 g/mol. The number of hydrogen-bond acceptors (Lipinski definition) is 4. The van der Waals surface area contributed by atoms with Crippen LogP contribution in [0.25, 0.3) is 0 Å². The van der Waals surface area contributed by atoms with Crippen molar-refractivity contribution in [2.24, 2.45) is 0 Å². The fourth-order valence-electron chi connectivity index (χ4n) is 2.35. The molecule has 0 saturated carbocycles. The van der Waals surface area contributed by atoms with Gasteiger partial charge < -0.3 is 15.2 Å². The lowest BCUT2D eigenvalue weighted by Crippen LogP contribution is -2.16. The molecule has 110 valence electrons. The maximum absolute atomic E-state index is 11.2. The van der Waals surface area contributed by atoms with Crippen LogP contribution in [0.3, 0.4) is 0 Å². The number of aromatic carboxylic acids is 1.